The number of nitrogens with zero attached hydrogens (tertiary/aromatic N) is 1. The molecule has 0 atom stereocenters. The molecule has 4 heteroatoms. The highest BCUT2D eigenvalue weighted by Gasteiger charge is 2.41. The summed E-state index contributed by atoms with van der Waals surface area (Å²) >= 11 is 3.35. The predicted molar refractivity (Wildman–Crippen MR) is 67.3 cm³/mol. The van der Waals surface area contributed by atoms with E-state index in [-0.39, 0.29) is 22.5 Å². The van der Waals surface area contributed by atoms with E-state index in [1.165, 1.54) is 19.3 Å². The molecular formula is C10H15Br2NO. The molecule has 80 valence electrons. The summed E-state index contributed by atoms with van der Waals surface area (Å²) in [6.07, 6.45) is 6.16. The fourth-order valence-corrected chi connectivity index (χ4v) is 2.77. The van der Waals surface area contributed by atoms with Gasteiger partial charge in [-0.3, -0.25) is 0 Å². The van der Waals surface area contributed by atoms with Crippen LogP contribution in [0.2, 0.25) is 0 Å². The number of rotatable bonds is 0. The standard InChI is InChI=1S/C10H14BrNO.BrH/c1-8-12-10(9(7-11)13-8)5-3-2-4-6-10;/h7H,2-6H2,1H3;1H. The van der Waals surface area contributed by atoms with Crippen LogP contribution in [0.1, 0.15) is 39.0 Å². The Morgan fingerprint density at radius 3 is 2.57 bits per heavy atom. The van der Waals surface area contributed by atoms with E-state index in [4.69, 9.17) is 4.74 Å². The number of hydrogen-bond acceptors (Lipinski definition) is 2. The maximum atomic E-state index is 5.57. The number of hydrogen-bond donors (Lipinski definition) is 0. The molecular weight excluding hydrogens is 310 g/mol. The van der Waals surface area contributed by atoms with Crippen molar-refractivity contribution in [3.8, 4) is 0 Å². The minimum absolute atomic E-state index is 0. The molecule has 14 heavy (non-hydrogen) atoms. The van der Waals surface area contributed by atoms with E-state index in [1.807, 2.05) is 11.9 Å². The summed E-state index contributed by atoms with van der Waals surface area (Å²) in [7, 11) is 0. The zero-order valence-corrected chi connectivity index (χ0v) is 11.6. The molecule has 0 aromatic carbocycles. The monoisotopic (exact) mass is 323 g/mol. The van der Waals surface area contributed by atoms with E-state index in [0.29, 0.717) is 0 Å². The van der Waals surface area contributed by atoms with Crippen LogP contribution in [0.5, 0.6) is 0 Å². The molecule has 1 saturated carbocycles. The largest absolute Gasteiger partial charge is 0.445 e. The van der Waals surface area contributed by atoms with E-state index in [2.05, 4.69) is 20.9 Å². The lowest BCUT2D eigenvalue weighted by Gasteiger charge is -2.29. The van der Waals surface area contributed by atoms with Crippen LogP contribution < -0.4 is 0 Å². The van der Waals surface area contributed by atoms with Crippen LogP contribution >= 0.6 is 32.9 Å². The van der Waals surface area contributed by atoms with Gasteiger partial charge in [0.2, 0.25) is 0 Å². The minimum atomic E-state index is -0.00810. The molecule has 1 aliphatic heterocycles. The van der Waals surface area contributed by atoms with Crippen molar-refractivity contribution in [3.05, 3.63) is 10.7 Å². The quantitative estimate of drug-likeness (QED) is 0.661. The maximum Gasteiger partial charge on any atom is 0.187 e. The number of aliphatic imine (C=N–C) groups is 1. The van der Waals surface area contributed by atoms with Gasteiger partial charge in [-0.1, -0.05) is 35.2 Å². The van der Waals surface area contributed by atoms with Crippen LogP contribution in [0.3, 0.4) is 0 Å². The van der Waals surface area contributed by atoms with E-state index >= 15 is 0 Å². The Morgan fingerprint density at radius 2 is 2.00 bits per heavy atom. The molecule has 2 rings (SSSR count). The summed E-state index contributed by atoms with van der Waals surface area (Å²) < 4.78 is 5.57. The van der Waals surface area contributed by atoms with Crippen LogP contribution in [-0.2, 0) is 4.74 Å². The van der Waals surface area contributed by atoms with Gasteiger partial charge in [-0.25, -0.2) is 4.99 Å². The first-order chi connectivity index (χ1) is 6.27. The summed E-state index contributed by atoms with van der Waals surface area (Å²) in [6, 6.07) is 0. The van der Waals surface area contributed by atoms with Crippen molar-refractivity contribution < 1.29 is 4.74 Å². The molecule has 0 saturated heterocycles. The summed E-state index contributed by atoms with van der Waals surface area (Å²) in [4.78, 5) is 6.52. The molecule has 0 N–H and O–H groups in total. The van der Waals surface area contributed by atoms with Crippen molar-refractivity contribution in [1.29, 1.82) is 0 Å². The second-order valence-electron chi connectivity index (χ2n) is 3.80. The first kappa shape index (κ1) is 12.2. The van der Waals surface area contributed by atoms with Gasteiger partial charge in [0.05, 0.1) is 0 Å². The molecule has 1 aliphatic carbocycles. The van der Waals surface area contributed by atoms with Gasteiger partial charge in [0.15, 0.2) is 5.90 Å². The molecule has 0 unspecified atom stereocenters. The van der Waals surface area contributed by atoms with Gasteiger partial charge in [-0.2, -0.15) is 0 Å². The van der Waals surface area contributed by atoms with E-state index in [9.17, 15) is 0 Å². The van der Waals surface area contributed by atoms with Gasteiger partial charge in [-0.15, -0.1) is 17.0 Å². The van der Waals surface area contributed by atoms with E-state index in [1.54, 1.807) is 0 Å². The third kappa shape index (κ3) is 2.06. The van der Waals surface area contributed by atoms with Gasteiger partial charge in [0.25, 0.3) is 0 Å². The Balaban J connectivity index is 0.000000980. The van der Waals surface area contributed by atoms with Crippen molar-refractivity contribution >= 4 is 38.8 Å². The van der Waals surface area contributed by atoms with Crippen molar-refractivity contribution in [2.24, 2.45) is 4.99 Å². The van der Waals surface area contributed by atoms with Crippen molar-refractivity contribution in [3.63, 3.8) is 0 Å². The molecule has 1 spiro atoms. The predicted octanol–water partition coefficient (Wildman–Crippen LogP) is 3.95. The molecule has 0 bridgehead atoms. The second kappa shape index (κ2) is 4.79. The highest BCUT2D eigenvalue weighted by molar-refractivity contribution is 9.11. The third-order valence-corrected chi connectivity index (χ3v) is 3.28. The molecule has 0 aromatic heterocycles. The maximum absolute atomic E-state index is 5.57. The highest BCUT2D eigenvalue weighted by atomic mass is 79.9. The molecule has 1 fully saturated rings. The smallest absolute Gasteiger partial charge is 0.187 e. The zero-order valence-electron chi connectivity index (χ0n) is 8.25. The van der Waals surface area contributed by atoms with Crippen LogP contribution in [0, 0.1) is 0 Å². The van der Waals surface area contributed by atoms with Crippen LogP contribution in [0.15, 0.2) is 15.7 Å². The number of halogens is 2. The Labute approximate surface area is 104 Å². The average Bonchev–Trinajstić information content (AvgIpc) is 2.43. The highest BCUT2D eigenvalue weighted by Crippen LogP contribution is 2.42. The first-order valence-electron chi connectivity index (χ1n) is 4.82. The van der Waals surface area contributed by atoms with Gasteiger partial charge >= 0.3 is 0 Å². The van der Waals surface area contributed by atoms with Gasteiger partial charge in [0, 0.05) is 11.9 Å². The normalized spacial score (nSPS) is 27.0. The van der Waals surface area contributed by atoms with Crippen LogP contribution in [-0.4, -0.2) is 11.4 Å². The summed E-state index contributed by atoms with van der Waals surface area (Å²) in [5.41, 5.74) is -0.00810. The fourth-order valence-electron chi connectivity index (χ4n) is 2.25. The Bertz CT molecular complexity index is 267. The topological polar surface area (TPSA) is 21.6 Å². The fraction of sp³-hybridized carbons (Fsp3) is 0.700. The lowest BCUT2D eigenvalue weighted by atomic mass is 9.81. The lowest BCUT2D eigenvalue weighted by Crippen LogP contribution is -2.29. The molecule has 0 radical (unpaired) electrons. The molecule has 0 amide bonds. The second-order valence-corrected chi connectivity index (χ2v) is 4.26. The Hall–Kier alpha value is 0.170. The average molecular weight is 325 g/mol. The van der Waals surface area contributed by atoms with Crippen molar-refractivity contribution in [1.82, 2.24) is 0 Å². The first-order valence-corrected chi connectivity index (χ1v) is 5.74. The Kier molecular flexibility index (Phi) is 4.19. The van der Waals surface area contributed by atoms with Crippen molar-refractivity contribution in [2.75, 3.05) is 0 Å². The Morgan fingerprint density at radius 1 is 1.36 bits per heavy atom. The molecule has 1 heterocycles. The SMILES string of the molecule is Br.CC1=NC2(CCCCC2)C(=CBr)O1. The molecule has 2 aliphatic rings. The third-order valence-electron chi connectivity index (χ3n) is 2.87. The summed E-state index contributed by atoms with van der Waals surface area (Å²) in [5, 5.41) is 0. The molecule has 2 nitrogen and oxygen atoms in total. The van der Waals surface area contributed by atoms with Gasteiger partial charge in [0.1, 0.15) is 11.3 Å². The van der Waals surface area contributed by atoms with E-state index in [0.717, 1.165) is 24.5 Å². The zero-order chi connectivity index (χ0) is 9.31. The minimum Gasteiger partial charge on any atom is -0.445 e. The van der Waals surface area contributed by atoms with E-state index < -0.39 is 0 Å². The van der Waals surface area contributed by atoms with Crippen molar-refractivity contribution in [2.45, 2.75) is 44.6 Å². The summed E-state index contributed by atoms with van der Waals surface area (Å²) in [6.45, 7) is 1.93. The summed E-state index contributed by atoms with van der Waals surface area (Å²) in [5.74, 6) is 1.82. The number of ether oxygens (including phenoxy) is 1. The van der Waals surface area contributed by atoms with Gasteiger partial charge < -0.3 is 4.74 Å². The van der Waals surface area contributed by atoms with Crippen LogP contribution in [0.25, 0.3) is 0 Å². The molecule has 0 aromatic rings. The van der Waals surface area contributed by atoms with Crippen LogP contribution in [0.4, 0.5) is 0 Å². The van der Waals surface area contributed by atoms with Gasteiger partial charge in [-0.05, 0) is 12.8 Å². The lowest BCUT2D eigenvalue weighted by molar-refractivity contribution is 0.284.